The number of ketones is 1. The average molecular weight is 447 g/mol. The van der Waals surface area contributed by atoms with E-state index in [1.54, 1.807) is 30.3 Å². The van der Waals surface area contributed by atoms with Crippen molar-refractivity contribution >= 4 is 39.2 Å². The standard InChI is InChI=1S/C21H23BrN2O4/c1-14-12-17(22)7-10-19(14)24-21(27)13-23-20(26)4-3-11-28-18-8-5-16(6-9-18)15(2)25/h5-10,12H,3-4,11,13H2,1-2H3,(H,23,26)(H,24,27). The summed E-state index contributed by atoms with van der Waals surface area (Å²) in [6.45, 7) is 3.69. The SMILES string of the molecule is CC(=O)c1ccc(OCCCC(=O)NCC(=O)Nc2ccc(Br)cc2C)cc1. The van der Waals surface area contributed by atoms with Crippen LogP contribution < -0.4 is 15.4 Å². The third-order valence-corrected chi connectivity index (χ3v) is 4.48. The van der Waals surface area contributed by atoms with E-state index >= 15 is 0 Å². The minimum Gasteiger partial charge on any atom is -0.494 e. The molecule has 0 spiro atoms. The second-order valence-electron chi connectivity index (χ2n) is 6.32. The minimum absolute atomic E-state index is 0.00236. The first kappa shape index (κ1) is 21.6. The third-order valence-electron chi connectivity index (χ3n) is 3.99. The molecule has 2 amide bonds. The molecule has 2 aromatic rings. The van der Waals surface area contributed by atoms with Crippen LogP contribution in [0.2, 0.25) is 0 Å². The molecule has 0 saturated carbocycles. The number of hydrogen-bond acceptors (Lipinski definition) is 4. The summed E-state index contributed by atoms with van der Waals surface area (Å²) in [5.41, 5.74) is 2.28. The first-order chi connectivity index (χ1) is 13.3. The number of anilines is 1. The van der Waals surface area contributed by atoms with Crippen LogP contribution in [-0.2, 0) is 9.59 Å². The van der Waals surface area contributed by atoms with E-state index in [4.69, 9.17) is 4.74 Å². The molecule has 6 nitrogen and oxygen atoms in total. The van der Waals surface area contributed by atoms with Gasteiger partial charge in [-0.25, -0.2) is 0 Å². The molecule has 0 bridgehead atoms. The number of hydrogen-bond donors (Lipinski definition) is 2. The van der Waals surface area contributed by atoms with Gasteiger partial charge in [0, 0.05) is 22.1 Å². The Labute approximate surface area is 172 Å². The monoisotopic (exact) mass is 446 g/mol. The molecule has 0 unspecified atom stereocenters. The van der Waals surface area contributed by atoms with Crippen LogP contribution in [0.15, 0.2) is 46.9 Å². The fourth-order valence-corrected chi connectivity index (χ4v) is 2.91. The number of ether oxygens (including phenoxy) is 1. The van der Waals surface area contributed by atoms with Gasteiger partial charge in [0.1, 0.15) is 5.75 Å². The van der Waals surface area contributed by atoms with Crippen molar-refractivity contribution < 1.29 is 19.1 Å². The lowest BCUT2D eigenvalue weighted by atomic mass is 10.1. The van der Waals surface area contributed by atoms with Gasteiger partial charge in [0.15, 0.2) is 5.78 Å². The molecule has 0 aliphatic carbocycles. The van der Waals surface area contributed by atoms with Gasteiger partial charge in [-0.05, 0) is 68.3 Å². The molecule has 0 heterocycles. The lowest BCUT2D eigenvalue weighted by Crippen LogP contribution is -2.33. The molecule has 0 aliphatic heterocycles. The number of rotatable bonds is 9. The maximum absolute atomic E-state index is 12.0. The Balaban J connectivity index is 1.64. The summed E-state index contributed by atoms with van der Waals surface area (Å²) in [5.74, 6) is 0.163. The van der Waals surface area contributed by atoms with Gasteiger partial charge in [0.05, 0.1) is 13.2 Å². The maximum Gasteiger partial charge on any atom is 0.243 e. The van der Waals surface area contributed by atoms with E-state index in [9.17, 15) is 14.4 Å². The summed E-state index contributed by atoms with van der Waals surface area (Å²) in [4.78, 5) is 35.0. The number of carbonyl (C=O) groups excluding carboxylic acids is 3. The molecule has 0 aromatic heterocycles. The van der Waals surface area contributed by atoms with E-state index in [0.29, 0.717) is 30.0 Å². The number of aryl methyl sites for hydroxylation is 1. The number of nitrogens with one attached hydrogen (secondary N) is 2. The highest BCUT2D eigenvalue weighted by Crippen LogP contribution is 2.19. The van der Waals surface area contributed by atoms with Crippen LogP contribution in [0.1, 0.15) is 35.7 Å². The van der Waals surface area contributed by atoms with E-state index in [2.05, 4.69) is 26.6 Å². The first-order valence-electron chi connectivity index (χ1n) is 8.91. The maximum atomic E-state index is 12.0. The van der Waals surface area contributed by atoms with Crippen molar-refractivity contribution in [1.29, 1.82) is 0 Å². The summed E-state index contributed by atoms with van der Waals surface area (Å²) in [7, 11) is 0. The smallest absolute Gasteiger partial charge is 0.243 e. The fraction of sp³-hybridized carbons (Fsp3) is 0.286. The summed E-state index contributed by atoms with van der Waals surface area (Å²) in [5, 5.41) is 5.37. The van der Waals surface area contributed by atoms with Crippen LogP contribution in [0.25, 0.3) is 0 Å². The number of Topliss-reactive ketones (excluding diaryl/α,β-unsaturated/α-hetero) is 1. The Morgan fingerprint density at radius 2 is 1.75 bits per heavy atom. The number of halogens is 1. The average Bonchev–Trinajstić information content (AvgIpc) is 2.66. The van der Waals surface area contributed by atoms with Crippen molar-refractivity contribution in [3.63, 3.8) is 0 Å². The molecule has 0 fully saturated rings. The molecular weight excluding hydrogens is 424 g/mol. The Hall–Kier alpha value is -2.67. The van der Waals surface area contributed by atoms with Gasteiger partial charge in [-0.2, -0.15) is 0 Å². The minimum atomic E-state index is -0.277. The molecule has 0 radical (unpaired) electrons. The molecule has 0 atom stereocenters. The van der Waals surface area contributed by atoms with E-state index < -0.39 is 0 Å². The quantitative estimate of drug-likeness (QED) is 0.452. The molecule has 7 heteroatoms. The van der Waals surface area contributed by atoms with Crippen LogP contribution in [0, 0.1) is 6.92 Å². The number of amides is 2. The highest BCUT2D eigenvalue weighted by atomic mass is 79.9. The Morgan fingerprint density at radius 1 is 1.04 bits per heavy atom. The molecular formula is C21H23BrN2O4. The van der Waals surface area contributed by atoms with Crippen molar-refractivity contribution in [3.8, 4) is 5.75 Å². The molecule has 2 N–H and O–H groups in total. The van der Waals surface area contributed by atoms with Gasteiger partial charge in [-0.15, -0.1) is 0 Å². The lowest BCUT2D eigenvalue weighted by molar-refractivity contribution is -0.124. The lowest BCUT2D eigenvalue weighted by Gasteiger charge is -2.10. The zero-order chi connectivity index (χ0) is 20.5. The van der Waals surface area contributed by atoms with E-state index in [1.807, 2.05) is 19.1 Å². The van der Waals surface area contributed by atoms with Gasteiger partial charge < -0.3 is 15.4 Å². The van der Waals surface area contributed by atoms with E-state index in [0.717, 1.165) is 10.0 Å². The van der Waals surface area contributed by atoms with E-state index in [-0.39, 0.29) is 30.6 Å². The van der Waals surface area contributed by atoms with Crippen LogP contribution in [0.5, 0.6) is 5.75 Å². The summed E-state index contributed by atoms with van der Waals surface area (Å²) >= 11 is 3.37. The van der Waals surface area contributed by atoms with Crippen molar-refractivity contribution in [2.75, 3.05) is 18.5 Å². The van der Waals surface area contributed by atoms with Crippen molar-refractivity contribution in [2.45, 2.75) is 26.7 Å². The van der Waals surface area contributed by atoms with Crippen LogP contribution in [0.3, 0.4) is 0 Å². The summed E-state index contributed by atoms with van der Waals surface area (Å²) in [6.07, 6.45) is 0.782. The zero-order valence-corrected chi connectivity index (χ0v) is 17.5. The Morgan fingerprint density at radius 3 is 2.39 bits per heavy atom. The van der Waals surface area contributed by atoms with Gasteiger partial charge in [-0.3, -0.25) is 14.4 Å². The van der Waals surface area contributed by atoms with Crippen molar-refractivity contribution in [3.05, 3.63) is 58.1 Å². The van der Waals surface area contributed by atoms with Crippen LogP contribution >= 0.6 is 15.9 Å². The zero-order valence-electron chi connectivity index (χ0n) is 15.9. The van der Waals surface area contributed by atoms with Gasteiger partial charge in [-0.1, -0.05) is 15.9 Å². The van der Waals surface area contributed by atoms with Gasteiger partial charge in [0.2, 0.25) is 11.8 Å². The Bertz CT molecular complexity index is 850. The predicted molar refractivity (Wildman–Crippen MR) is 112 cm³/mol. The molecule has 0 aliphatic rings. The molecule has 2 rings (SSSR count). The fourth-order valence-electron chi connectivity index (χ4n) is 2.44. The van der Waals surface area contributed by atoms with Crippen LogP contribution in [0.4, 0.5) is 5.69 Å². The largest absolute Gasteiger partial charge is 0.494 e. The normalized spacial score (nSPS) is 10.2. The third kappa shape index (κ3) is 7.15. The number of carbonyl (C=O) groups is 3. The number of benzene rings is 2. The van der Waals surface area contributed by atoms with E-state index in [1.165, 1.54) is 6.92 Å². The second-order valence-corrected chi connectivity index (χ2v) is 7.23. The molecule has 2 aromatic carbocycles. The first-order valence-corrected chi connectivity index (χ1v) is 9.71. The highest BCUT2D eigenvalue weighted by Gasteiger charge is 2.08. The predicted octanol–water partition coefficient (Wildman–Crippen LogP) is 3.87. The topological polar surface area (TPSA) is 84.5 Å². The summed E-state index contributed by atoms with van der Waals surface area (Å²) < 4.78 is 6.48. The molecule has 0 saturated heterocycles. The second kappa shape index (κ2) is 10.6. The highest BCUT2D eigenvalue weighted by molar-refractivity contribution is 9.10. The Kier molecular flexibility index (Phi) is 8.19. The van der Waals surface area contributed by atoms with Crippen molar-refractivity contribution in [1.82, 2.24) is 5.32 Å². The molecule has 28 heavy (non-hydrogen) atoms. The summed E-state index contributed by atoms with van der Waals surface area (Å²) in [6, 6.07) is 12.4. The van der Waals surface area contributed by atoms with Crippen LogP contribution in [-0.4, -0.2) is 30.7 Å². The van der Waals surface area contributed by atoms with Crippen molar-refractivity contribution in [2.24, 2.45) is 0 Å². The molecule has 148 valence electrons. The van der Waals surface area contributed by atoms with Gasteiger partial charge in [0.25, 0.3) is 0 Å². The van der Waals surface area contributed by atoms with Gasteiger partial charge >= 0.3 is 0 Å².